The van der Waals surface area contributed by atoms with Gasteiger partial charge in [-0.05, 0) is 19.1 Å². The van der Waals surface area contributed by atoms with Gasteiger partial charge in [0.05, 0.1) is 0 Å². The summed E-state index contributed by atoms with van der Waals surface area (Å²) in [6.07, 6.45) is 2.04. The second-order valence-electron chi connectivity index (χ2n) is 2.96. The highest BCUT2D eigenvalue weighted by Gasteiger charge is 2.02. The van der Waals surface area contributed by atoms with Gasteiger partial charge < -0.3 is 0 Å². The van der Waals surface area contributed by atoms with Gasteiger partial charge >= 0.3 is 0 Å². The molecule has 0 aromatic carbocycles. The molecule has 4 nitrogen and oxygen atoms in total. The Morgan fingerprint density at radius 3 is 3.15 bits per heavy atom. The molecule has 0 fully saturated rings. The fourth-order valence-corrected chi connectivity index (χ4v) is 1.30. The van der Waals surface area contributed by atoms with Crippen molar-refractivity contribution in [1.29, 1.82) is 0 Å². The lowest BCUT2D eigenvalue weighted by atomic mass is 10.2. The molecule has 13 heavy (non-hydrogen) atoms. The van der Waals surface area contributed by atoms with Gasteiger partial charge in [0.15, 0.2) is 5.65 Å². The van der Waals surface area contributed by atoms with E-state index in [1.54, 1.807) is 13.3 Å². The number of ketones is 1. The number of aromatic nitrogens is 3. The molecule has 66 valence electrons. The van der Waals surface area contributed by atoms with Crippen molar-refractivity contribution < 1.29 is 4.79 Å². The van der Waals surface area contributed by atoms with Gasteiger partial charge in [-0.3, -0.25) is 9.20 Å². The number of hydrogen-bond donors (Lipinski definition) is 0. The zero-order valence-corrected chi connectivity index (χ0v) is 7.27. The molecule has 2 aromatic heterocycles. The molecule has 0 atom stereocenters. The third-order valence-corrected chi connectivity index (χ3v) is 1.85. The van der Waals surface area contributed by atoms with E-state index in [0.717, 1.165) is 11.3 Å². The van der Waals surface area contributed by atoms with Crippen LogP contribution in [0.15, 0.2) is 24.5 Å². The highest BCUT2D eigenvalue weighted by Crippen LogP contribution is 2.05. The van der Waals surface area contributed by atoms with Crippen molar-refractivity contribution in [2.24, 2.45) is 0 Å². The van der Waals surface area contributed by atoms with E-state index in [1.807, 2.05) is 22.6 Å². The van der Waals surface area contributed by atoms with Crippen LogP contribution in [0.5, 0.6) is 0 Å². The minimum atomic E-state index is 0.140. The zero-order chi connectivity index (χ0) is 9.26. The fraction of sp³-hybridized carbons (Fsp3) is 0.222. The quantitative estimate of drug-likeness (QED) is 0.680. The van der Waals surface area contributed by atoms with Crippen LogP contribution in [-0.4, -0.2) is 20.4 Å². The first-order valence-electron chi connectivity index (χ1n) is 4.04. The third kappa shape index (κ3) is 1.42. The Morgan fingerprint density at radius 1 is 1.54 bits per heavy atom. The van der Waals surface area contributed by atoms with Crippen molar-refractivity contribution in [3.8, 4) is 0 Å². The van der Waals surface area contributed by atoms with Crippen LogP contribution in [0, 0.1) is 0 Å². The van der Waals surface area contributed by atoms with Gasteiger partial charge in [0.25, 0.3) is 0 Å². The molecule has 0 amide bonds. The molecule has 0 bridgehead atoms. The Bertz CT molecular complexity index is 447. The SMILES string of the molecule is CC(=O)Cc1cccc2nncn12. The van der Waals surface area contributed by atoms with E-state index in [4.69, 9.17) is 0 Å². The smallest absolute Gasteiger partial charge is 0.160 e. The van der Waals surface area contributed by atoms with Crippen LogP contribution in [0.4, 0.5) is 0 Å². The molecule has 2 rings (SSSR count). The maximum atomic E-state index is 10.9. The lowest BCUT2D eigenvalue weighted by molar-refractivity contribution is -0.116. The minimum absolute atomic E-state index is 0.140. The van der Waals surface area contributed by atoms with Crippen molar-refractivity contribution in [3.63, 3.8) is 0 Å². The number of pyridine rings is 1. The summed E-state index contributed by atoms with van der Waals surface area (Å²) in [4.78, 5) is 10.9. The summed E-state index contributed by atoms with van der Waals surface area (Å²) in [5, 5.41) is 7.66. The molecular formula is C9H9N3O. The van der Waals surface area contributed by atoms with Crippen molar-refractivity contribution in [1.82, 2.24) is 14.6 Å². The molecule has 0 unspecified atom stereocenters. The summed E-state index contributed by atoms with van der Waals surface area (Å²) in [6.45, 7) is 1.57. The van der Waals surface area contributed by atoms with Crippen LogP contribution in [0.2, 0.25) is 0 Å². The summed E-state index contributed by atoms with van der Waals surface area (Å²) in [5.41, 5.74) is 1.70. The van der Waals surface area contributed by atoms with Crippen LogP contribution >= 0.6 is 0 Å². The summed E-state index contributed by atoms with van der Waals surface area (Å²) in [7, 11) is 0. The number of carbonyl (C=O) groups excluding carboxylic acids is 1. The Morgan fingerprint density at radius 2 is 2.38 bits per heavy atom. The van der Waals surface area contributed by atoms with Gasteiger partial charge in [-0.1, -0.05) is 6.07 Å². The van der Waals surface area contributed by atoms with E-state index >= 15 is 0 Å². The van der Waals surface area contributed by atoms with Gasteiger partial charge in [-0.2, -0.15) is 0 Å². The molecule has 0 aliphatic rings. The van der Waals surface area contributed by atoms with Crippen LogP contribution in [0.25, 0.3) is 5.65 Å². The monoisotopic (exact) mass is 175 g/mol. The molecule has 0 saturated carbocycles. The zero-order valence-electron chi connectivity index (χ0n) is 7.27. The van der Waals surface area contributed by atoms with Crippen LogP contribution in [0.1, 0.15) is 12.6 Å². The van der Waals surface area contributed by atoms with Crippen LogP contribution < -0.4 is 0 Å². The number of rotatable bonds is 2. The lowest BCUT2D eigenvalue weighted by Gasteiger charge is -2.00. The third-order valence-electron chi connectivity index (χ3n) is 1.85. The molecule has 0 radical (unpaired) electrons. The van der Waals surface area contributed by atoms with E-state index in [-0.39, 0.29) is 5.78 Å². The van der Waals surface area contributed by atoms with Crippen molar-refractivity contribution in [2.45, 2.75) is 13.3 Å². The first-order chi connectivity index (χ1) is 6.27. The summed E-state index contributed by atoms with van der Waals surface area (Å²) in [5.74, 6) is 0.140. The molecule has 4 heteroatoms. The standard InChI is InChI=1S/C9H9N3O/c1-7(13)5-8-3-2-4-9-11-10-6-12(8)9/h2-4,6H,5H2,1H3. The Balaban J connectivity index is 2.54. The average molecular weight is 175 g/mol. The summed E-state index contributed by atoms with van der Waals surface area (Å²) >= 11 is 0. The van der Waals surface area contributed by atoms with Gasteiger partial charge in [0, 0.05) is 12.1 Å². The Kier molecular flexibility index (Phi) is 1.81. The maximum Gasteiger partial charge on any atom is 0.160 e. The van der Waals surface area contributed by atoms with Gasteiger partial charge in [0.1, 0.15) is 12.1 Å². The molecule has 0 aliphatic carbocycles. The topological polar surface area (TPSA) is 47.3 Å². The molecule has 0 aliphatic heterocycles. The normalized spacial score (nSPS) is 10.5. The van der Waals surface area contributed by atoms with Gasteiger partial charge in [-0.25, -0.2) is 0 Å². The predicted octanol–water partition coefficient (Wildman–Crippen LogP) is 0.861. The van der Waals surface area contributed by atoms with Crippen molar-refractivity contribution >= 4 is 11.4 Å². The van der Waals surface area contributed by atoms with E-state index in [9.17, 15) is 4.79 Å². The number of fused-ring (bicyclic) bond motifs is 1. The first-order valence-corrected chi connectivity index (χ1v) is 4.04. The average Bonchev–Trinajstić information content (AvgIpc) is 2.51. The van der Waals surface area contributed by atoms with Crippen molar-refractivity contribution in [3.05, 3.63) is 30.2 Å². The molecule has 0 spiro atoms. The van der Waals surface area contributed by atoms with E-state index in [2.05, 4.69) is 10.2 Å². The highest BCUT2D eigenvalue weighted by molar-refractivity contribution is 5.77. The Hall–Kier alpha value is -1.71. The molecule has 0 N–H and O–H groups in total. The second-order valence-corrected chi connectivity index (χ2v) is 2.96. The van der Waals surface area contributed by atoms with E-state index < -0.39 is 0 Å². The number of Topliss-reactive ketones (excluding diaryl/α,β-unsaturated/α-hetero) is 1. The first kappa shape index (κ1) is 7.91. The Labute approximate surface area is 75.2 Å². The molecular weight excluding hydrogens is 166 g/mol. The maximum absolute atomic E-state index is 10.9. The number of carbonyl (C=O) groups is 1. The lowest BCUT2D eigenvalue weighted by Crippen LogP contribution is -2.02. The fourth-order valence-electron chi connectivity index (χ4n) is 1.30. The highest BCUT2D eigenvalue weighted by atomic mass is 16.1. The van der Waals surface area contributed by atoms with Crippen LogP contribution in [-0.2, 0) is 11.2 Å². The van der Waals surface area contributed by atoms with E-state index in [0.29, 0.717) is 6.42 Å². The second kappa shape index (κ2) is 2.97. The molecule has 2 heterocycles. The molecule has 0 saturated heterocycles. The van der Waals surface area contributed by atoms with Crippen molar-refractivity contribution in [2.75, 3.05) is 0 Å². The van der Waals surface area contributed by atoms with Gasteiger partial charge in [-0.15, -0.1) is 10.2 Å². The van der Waals surface area contributed by atoms with E-state index in [1.165, 1.54) is 0 Å². The van der Waals surface area contributed by atoms with Gasteiger partial charge in [0.2, 0.25) is 0 Å². The predicted molar refractivity (Wildman–Crippen MR) is 47.4 cm³/mol. The number of nitrogens with zero attached hydrogens (tertiary/aromatic N) is 3. The minimum Gasteiger partial charge on any atom is -0.300 e. The number of hydrogen-bond acceptors (Lipinski definition) is 3. The largest absolute Gasteiger partial charge is 0.300 e. The summed E-state index contributed by atoms with van der Waals surface area (Å²) < 4.78 is 1.82. The van der Waals surface area contributed by atoms with Crippen LogP contribution in [0.3, 0.4) is 0 Å². The molecule has 2 aromatic rings. The summed E-state index contributed by atoms with van der Waals surface area (Å²) in [6, 6.07) is 5.64.